The van der Waals surface area contributed by atoms with Crippen LogP contribution in [-0.2, 0) is 0 Å². The topological polar surface area (TPSA) is 84.3 Å². The molecule has 0 bridgehead atoms. The molecule has 0 radical (unpaired) electrons. The van der Waals surface area contributed by atoms with E-state index in [0.29, 0.717) is 17.3 Å². The Morgan fingerprint density at radius 1 is 0.955 bits per heavy atom. The van der Waals surface area contributed by atoms with Crippen molar-refractivity contribution in [3.8, 4) is 0 Å². The van der Waals surface area contributed by atoms with Gasteiger partial charge in [0.15, 0.2) is 0 Å². The first kappa shape index (κ1) is 15.5. The molecule has 0 spiro atoms. The minimum Gasteiger partial charge on any atom is -0.308 e. The number of rotatable bonds is 4. The van der Waals surface area contributed by atoms with Gasteiger partial charge in [-0.05, 0) is 35.7 Å². The summed E-state index contributed by atoms with van der Waals surface area (Å²) >= 11 is 0. The summed E-state index contributed by atoms with van der Waals surface area (Å²) in [4.78, 5) is 21.9. The van der Waals surface area contributed by atoms with Gasteiger partial charge >= 0.3 is 6.03 Å². The van der Waals surface area contributed by atoms with Crippen LogP contribution in [0.3, 0.4) is 0 Å². The minimum absolute atomic E-state index is 0.0183. The standard InChI is InChI=1S/C16H17N3O3/c1-11(2)12-3-5-13(6-4-12)17-16(20)18-14-7-9-15(10-8-14)19(21)22/h3-11H,1-2H3,(H2,17,18,20). The van der Waals surface area contributed by atoms with E-state index < -0.39 is 11.0 Å². The number of nitrogens with zero attached hydrogens (tertiary/aromatic N) is 1. The van der Waals surface area contributed by atoms with Crippen LogP contribution in [0.5, 0.6) is 0 Å². The zero-order valence-corrected chi connectivity index (χ0v) is 12.4. The highest BCUT2D eigenvalue weighted by Crippen LogP contribution is 2.18. The van der Waals surface area contributed by atoms with E-state index in [9.17, 15) is 14.9 Å². The maximum atomic E-state index is 11.9. The molecule has 22 heavy (non-hydrogen) atoms. The summed E-state index contributed by atoms with van der Waals surface area (Å²) in [5.74, 6) is 0.433. The summed E-state index contributed by atoms with van der Waals surface area (Å²) in [6.07, 6.45) is 0. The first-order valence-corrected chi connectivity index (χ1v) is 6.88. The summed E-state index contributed by atoms with van der Waals surface area (Å²) in [5.41, 5.74) is 2.35. The van der Waals surface area contributed by atoms with E-state index in [2.05, 4.69) is 24.5 Å². The average Bonchev–Trinajstić information content (AvgIpc) is 2.48. The first-order valence-electron chi connectivity index (χ1n) is 6.88. The van der Waals surface area contributed by atoms with Crippen LogP contribution in [0.15, 0.2) is 48.5 Å². The van der Waals surface area contributed by atoms with E-state index in [-0.39, 0.29) is 5.69 Å². The Hall–Kier alpha value is -2.89. The molecule has 2 aromatic rings. The molecule has 2 N–H and O–H groups in total. The number of non-ortho nitro benzene ring substituents is 1. The highest BCUT2D eigenvalue weighted by Gasteiger charge is 2.07. The lowest BCUT2D eigenvalue weighted by Gasteiger charge is -2.09. The fourth-order valence-corrected chi connectivity index (χ4v) is 1.91. The van der Waals surface area contributed by atoms with Crippen molar-refractivity contribution in [1.82, 2.24) is 0 Å². The molecular formula is C16H17N3O3. The second kappa shape index (κ2) is 6.71. The van der Waals surface area contributed by atoms with Crippen LogP contribution in [-0.4, -0.2) is 11.0 Å². The molecule has 2 aromatic carbocycles. The van der Waals surface area contributed by atoms with E-state index in [0.717, 1.165) is 0 Å². The molecule has 6 nitrogen and oxygen atoms in total. The third-order valence-corrected chi connectivity index (χ3v) is 3.17. The Morgan fingerprint density at radius 3 is 1.82 bits per heavy atom. The summed E-state index contributed by atoms with van der Waals surface area (Å²) in [6, 6.07) is 12.9. The van der Waals surface area contributed by atoms with Crippen molar-refractivity contribution in [2.45, 2.75) is 19.8 Å². The van der Waals surface area contributed by atoms with Crippen LogP contribution in [0, 0.1) is 10.1 Å². The predicted molar refractivity (Wildman–Crippen MR) is 86.3 cm³/mol. The number of hydrogen-bond acceptors (Lipinski definition) is 3. The van der Waals surface area contributed by atoms with Gasteiger partial charge in [-0.1, -0.05) is 26.0 Å². The minimum atomic E-state index is -0.486. The van der Waals surface area contributed by atoms with Crippen LogP contribution in [0.1, 0.15) is 25.3 Å². The van der Waals surface area contributed by atoms with Crippen LogP contribution >= 0.6 is 0 Å². The zero-order chi connectivity index (χ0) is 16.1. The monoisotopic (exact) mass is 299 g/mol. The zero-order valence-electron chi connectivity index (χ0n) is 12.4. The maximum Gasteiger partial charge on any atom is 0.323 e. The maximum absolute atomic E-state index is 11.9. The van der Waals surface area contributed by atoms with Crippen LogP contribution in [0.25, 0.3) is 0 Å². The van der Waals surface area contributed by atoms with Crippen molar-refractivity contribution in [2.24, 2.45) is 0 Å². The van der Waals surface area contributed by atoms with Crippen molar-refractivity contribution < 1.29 is 9.72 Å². The molecule has 0 saturated heterocycles. The third kappa shape index (κ3) is 4.05. The van der Waals surface area contributed by atoms with Gasteiger partial charge in [0.1, 0.15) is 0 Å². The number of nitrogens with one attached hydrogen (secondary N) is 2. The van der Waals surface area contributed by atoms with Gasteiger partial charge in [0.2, 0.25) is 0 Å². The lowest BCUT2D eigenvalue weighted by Crippen LogP contribution is -2.19. The summed E-state index contributed by atoms with van der Waals surface area (Å²) in [5, 5.41) is 15.9. The van der Waals surface area contributed by atoms with Crippen molar-refractivity contribution in [1.29, 1.82) is 0 Å². The molecule has 0 atom stereocenters. The number of carbonyl (C=O) groups excluding carboxylic acids is 1. The van der Waals surface area contributed by atoms with Crippen molar-refractivity contribution >= 4 is 23.1 Å². The smallest absolute Gasteiger partial charge is 0.308 e. The number of nitro benzene ring substituents is 1. The van der Waals surface area contributed by atoms with E-state index in [1.54, 1.807) is 0 Å². The Morgan fingerprint density at radius 2 is 1.41 bits per heavy atom. The van der Waals surface area contributed by atoms with Crippen molar-refractivity contribution in [2.75, 3.05) is 10.6 Å². The molecule has 114 valence electrons. The van der Waals surface area contributed by atoms with Crippen LogP contribution in [0.4, 0.5) is 21.9 Å². The largest absolute Gasteiger partial charge is 0.323 e. The highest BCUT2D eigenvalue weighted by molar-refractivity contribution is 5.99. The Kier molecular flexibility index (Phi) is 4.73. The first-order chi connectivity index (χ1) is 10.5. The van der Waals surface area contributed by atoms with Crippen LogP contribution < -0.4 is 10.6 Å². The Labute approximate surface area is 128 Å². The SMILES string of the molecule is CC(C)c1ccc(NC(=O)Nc2ccc([N+](=O)[O-])cc2)cc1. The average molecular weight is 299 g/mol. The molecule has 2 rings (SSSR count). The summed E-state index contributed by atoms with van der Waals surface area (Å²) < 4.78 is 0. The molecule has 0 unspecified atom stereocenters. The molecule has 0 aliphatic rings. The van der Waals surface area contributed by atoms with Gasteiger partial charge in [-0.15, -0.1) is 0 Å². The molecule has 0 saturated carbocycles. The van der Waals surface area contributed by atoms with Gasteiger partial charge in [0, 0.05) is 23.5 Å². The molecule has 0 heterocycles. The molecule has 0 aromatic heterocycles. The van der Waals surface area contributed by atoms with Crippen LogP contribution in [0.2, 0.25) is 0 Å². The number of carbonyl (C=O) groups is 1. The molecular weight excluding hydrogens is 282 g/mol. The number of urea groups is 1. The molecule has 2 amide bonds. The lowest BCUT2D eigenvalue weighted by molar-refractivity contribution is -0.384. The predicted octanol–water partition coefficient (Wildman–Crippen LogP) is 4.36. The Bertz CT molecular complexity index is 664. The molecule has 0 aliphatic heterocycles. The van der Waals surface area contributed by atoms with Gasteiger partial charge in [0.05, 0.1) is 4.92 Å². The molecule has 0 fully saturated rings. The second-order valence-electron chi connectivity index (χ2n) is 5.16. The third-order valence-electron chi connectivity index (χ3n) is 3.17. The number of benzene rings is 2. The highest BCUT2D eigenvalue weighted by atomic mass is 16.6. The second-order valence-corrected chi connectivity index (χ2v) is 5.16. The van der Waals surface area contributed by atoms with Gasteiger partial charge in [-0.3, -0.25) is 10.1 Å². The van der Waals surface area contributed by atoms with E-state index in [4.69, 9.17) is 0 Å². The fraction of sp³-hybridized carbons (Fsp3) is 0.188. The summed E-state index contributed by atoms with van der Waals surface area (Å²) in [6.45, 7) is 4.20. The van der Waals surface area contributed by atoms with Gasteiger partial charge in [-0.25, -0.2) is 4.79 Å². The van der Waals surface area contributed by atoms with E-state index in [1.165, 1.54) is 29.8 Å². The number of hydrogen-bond donors (Lipinski definition) is 2. The normalized spacial score (nSPS) is 10.3. The van der Waals surface area contributed by atoms with Gasteiger partial charge in [0.25, 0.3) is 5.69 Å². The van der Waals surface area contributed by atoms with Gasteiger partial charge < -0.3 is 10.6 Å². The number of anilines is 2. The lowest BCUT2D eigenvalue weighted by atomic mass is 10.0. The van der Waals surface area contributed by atoms with Crippen molar-refractivity contribution in [3.63, 3.8) is 0 Å². The number of amides is 2. The summed E-state index contributed by atoms with van der Waals surface area (Å²) in [7, 11) is 0. The molecule has 6 heteroatoms. The van der Waals surface area contributed by atoms with E-state index >= 15 is 0 Å². The number of nitro groups is 1. The fourth-order valence-electron chi connectivity index (χ4n) is 1.91. The van der Waals surface area contributed by atoms with Crippen molar-refractivity contribution in [3.05, 3.63) is 64.2 Å². The quantitative estimate of drug-likeness (QED) is 0.649. The van der Waals surface area contributed by atoms with Gasteiger partial charge in [-0.2, -0.15) is 0 Å². The molecule has 0 aliphatic carbocycles. The van der Waals surface area contributed by atoms with E-state index in [1.807, 2.05) is 24.3 Å². The Balaban J connectivity index is 1.96.